The molecule has 0 unspecified atom stereocenters. The van der Waals surface area contributed by atoms with Gasteiger partial charge in [0.25, 0.3) is 0 Å². The van der Waals surface area contributed by atoms with Crippen LogP contribution >= 0.6 is 0 Å². The van der Waals surface area contributed by atoms with Crippen LogP contribution in [0.1, 0.15) is 51.4 Å². The normalized spacial score (nSPS) is 22.6. The van der Waals surface area contributed by atoms with Crippen molar-refractivity contribution in [2.45, 2.75) is 103 Å². The first-order valence-corrected chi connectivity index (χ1v) is 22.2. The quantitative estimate of drug-likeness (QED) is 0.309. The molecular weight excluding hydrogens is 589 g/mol. The van der Waals surface area contributed by atoms with Gasteiger partial charge < -0.3 is 39.9 Å². The van der Waals surface area contributed by atoms with Gasteiger partial charge in [0.2, 0.25) is 0 Å². The van der Waals surface area contributed by atoms with Gasteiger partial charge in [-0.25, -0.2) is 9.59 Å². The predicted octanol–water partition coefficient (Wildman–Crippen LogP) is 2.83. The number of ether oxygens (including phenoxy) is 2. The van der Waals surface area contributed by atoms with Gasteiger partial charge in [0, 0.05) is 41.2 Å². The van der Waals surface area contributed by atoms with Crippen molar-refractivity contribution in [1.82, 2.24) is 10.6 Å². The molecule has 10 nitrogen and oxygen atoms in total. The molecule has 0 heterocycles. The summed E-state index contributed by atoms with van der Waals surface area (Å²) in [4.78, 5) is 44.5. The van der Waals surface area contributed by atoms with Gasteiger partial charge >= 0.3 is 49.9 Å². The van der Waals surface area contributed by atoms with E-state index in [1.54, 1.807) is 0 Å². The molecule has 41 heavy (non-hydrogen) atoms. The van der Waals surface area contributed by atoms with Gasteiger partial charge in [0.1, 0.15) is 0 Å². The van der Waals surface area contributed by atoms with Crippen LogP contribution in [0.3, 0.4) is 0 Å². The van der Waals surface area contributed by atoms with Crippen LogP contribution in [0.25, 0.3) is 0 Å². The Morgan fingerprint density at radius 1 is 0.610 bits per heavy atom. The Morgan fingerprint density at radius 3 is 1.15 bits per heavy atom. The number of hydrogen-bond donors (Lipinski definition) is 2. The van der Waals surface area contributed by atoms with Crippen molar-refractivity contribution in [2.24, 2.45) is 23.7 Å². The second-order valence-corrected chi connectivity index (χ2v) is 25.0. The Balaban J connectivity index is 0.000000762. The molecule has 13 heteroatoms. The molecule has 0 aromatic rings. The molecule has 2 aliphatic carbocycles. The van der Waals surface area contributed by atoms with Gasteiger partial charge in [0.05, 0.1) is 13.2 Å². The van der Waals surface area contributed by atoms with E-state index < -0.39 is 28.1 Å². The summed E-state index contributed by atoms with van der Waals surface area (Å²) in [5, 5.41) is 27.0. The number of carbonyl (C=O) groups is 4. The van der Waals surface area contributed by atoms with E-state index in [4.69, 9.17) is 9.47 Å². The first kappa shape index (κ1) is 40.2. The Bertz CT molecular complexity index is 738. The number of carboxylic acid groups (broad SMARTS) is 2. The maximum atomic E-state index is 11.5. The first-order valence-electron chi connectivity index (χ1n) is 14.8. The van der Waals surface area contributed by atoms with Gasteiger partial charge in [-0.3, -0.25) is 0 Å². The minimum absolute atomic E-state index is 0. The average Bonchev–Trinajstić information content (AvgIpc) is 2.85. The standard InChI is InChI=1S/2C14H27NO4Si.Ca/c2*1-20(2,3)9-8-19-14(18)15-10-11-4-6-12(7-5-11)13(16)17;/h2*11-12H,4-10H2,1-3H3,(H,15,18)(H,16,17);/q;;+2/p-2. The summed E-state index contributed by atoms with van der Waals surface area (Å²) in [5.41, 5.74) is 0. The maximum absolute atomic E-state index is 11.5. The molecule has 0 atom stereocenters. The van der Waals surface area contributed by atoms with Crippen LogP contribution in [-0.4, -0.2) is 104 Å². The first-order chi connectivity index (χ1) is 18.6. The van der Waals surface area contributed by atoms with Gasteiger partial charge in [-0.2, -0.15) is 0 Å². The van der Waals surface area contributed by atoms with Crippen LogP contribution in [0, 0.1) is 23.7 Å². The van der Waals surface area contributed by atoms with Crippen molar-refractivity contribution in [2.75, 3.05) is 26.3 Å². The second kappa shape index (κ2) is 20.2. The largest absolute Gasteiger partial charge is 2.00 e. The molecule has 0 aromatic heterocycles. The molecule has 2 N–H and O–H groups in total. The third kappa shape index (κ3) is 20.7. The fraction of sp³-hybridized carbons (Fsp3) is 0.857. The van der Waals surface area contributed by atoms with Crippen LogP contribution in [0.5, 0.6) is 0 Å². The van der Waals surface area contributed by atoms with Crippen LogP contribution in [0.15, 0.2) is 0 Å². The van der Waals surface area contributed by atoms with Gasteiger partial charge in [-0.15, -0.1) is 0 Å². The zero-order valence-electron chi connectivity index (χ0n) is 26.2. The SMILES string of the molecule is C[Si](C)(C)CCOC(=O)NCC1CCC(C(=O)[O-])CC1.C[Si](C)(C)CCOC(=O)NCC1CCC(C(=O)[O-])CC1.[Ca+2]. The molecular formula is C28H52CaN2O8Si2. The predicted molar refractivity (Wildman–Crippen MR) is 162 cm³/mol. The molecule has 0 spiro atoms. The van der Waals surface area contributed by atoms with Crippen LogP contribution in [0.4, 0.5) is 9.59 Å². The fourth-order valence-electron chi connectivity index (χ4n) is 4.66. The number of carboxylic acids is 2. The Morgan fingerprint density at radius 2 is 0.902 bits per heavy atom. The van der Waals surface area contributed by atoms with Crippen molar-refractivity contribution in [3.63, 3.8) is 0 Å². The van der Waals surface area contributed by atoms with Gasteiger partial charge in [-0.1, -0.05) is 39.3 Å². The van der Waals surface area contributed by atoms with Crippen molar-refractivity contribution in [3.8, 4) is 0 Å². The van der Waals surface area contributed by atoms with Crippen LogP contribution < -0.4 is 20.8 Å². The molecule has 0 radical (unpaired) electrons. The summed E-state index contributed by atoms with van der Waals surface area (Å²) in [6.45, 7) is 15.6. The molecule has 2 aliphatic rings. The van der Waals surface area contributed by atoms with Gasteiger partial charge in [-0.05, 0) is 87.1 Å². The monoisotopic (exact) mass is 640 g/mol. The molecule has 0 saturated heterocycles. The minimum atomic E-state index is -1.16. The summed E-state index contributed by atoms with van der Waals surface area (Å²) in [5.74, 6) is -1.79. The van der Waals surface area contributed by atoms with Crippen molar-refractivity contribution < 1.29 is 38.9 Å². The van der Waals surface area contributed by atoms with E-state index in [1.165, 1.54) is 0 Å². The topological polar surface area (TPSA) is 157 Å². The zero-order chi connectivity index (χ0) is 30.3. The summed E-state index contributed by atoms with van der Waals surface area (Å²) in [6.07, 6.45) is 5.20. The third-order valence-electron chi connectivity index (χ3n) is 7.60. The van der Waals surface area contributed by atoms with Gasteiger partial charge in [0.15, 0.2) is 0 Å². The smallest absolute Gasteiger partial charge is 0.550 e. The number of hydrogen-bond acceptors (Lipinski definition) is 8. The number of alkyl carbamates (subject to hydrolysis) is 2. The molecule has 2 fully saturated rings. The summed E-state index contributed by atoms with van der Waals surface area (Å²) in [6, 6.07) is 1.94. The molecule has 2 amide bonds. The molecule has 232 valence electrons. The number of rotatable bonds is 12. The van der Waals surface area contributed by atoms with E-state index in [0.717, 1.165) is 37.8 Å². The minimum Gasteiger partial charge on any atom is -0.550 e. The number of nitrogens with one attached hydrogen (secondary N) is 2. The van der Waals surface area contributed by atoms with Crippen molar-refractivity contribution >= 4 is 78.0 Å². The van der Waals surface area contributed by atoms with E-state index in [-0.39, 0.29) is 61.8 Å². The molecule has 2 saturated carbocycles. The van der Waals surface area contributed by atoms with E-state index in [0.29, 0.717) is 63.8 Å². The van der Waals surface area contributed by atoms with Crippen molar-refractivity contribution in [3.05, 3.63) is 0 Å². The summed E-state index contributed by atoms with van der Waals surface area (Å²) < 4.78 is 10.3. The number of carbonyl (C=O) groups excluding carboxylic acids is 4. The Kier molecular flexibility index (Phi) is 19.8. The molecule has 2 rings (SSSR count). The average molecular weight is 641 g/mol. The van der Waals surface area contributed by atoms with E-state index in [2.05, 4.69) is 49.9 Å². The zero-order valence-corrected chi connectivity index (χ0v) is 30.4. The fourth-order valence-corrected chi connectivity index (χ4v) is 6.09. The van der Waals surface area contributed by atoms with Crippen LogP contribution in [-0.2, 0) is 19.1 Å². The molecule has 0 aromatic carbocycles. The van der Waals surface area contributed by atoms with Crippen molar-refractivity contribution in [1.29, 1.82) is 0 Å². The van der Waals surface area contributed by atoms with E-state index in [1.807, 2.05) is 0 Å². The number of amides is 2. The van der Waals surface area contributed by atoms with E-state index in [9.17, 15) is 29.4 Å². The molecule has 0 bridgehead atoms. The molecule has 0 aliphatic heterocycles. The van der Waals surface area contributed by atoms with Crippen LogP contribution in [0.2, 0.25) is 51.4 Å². The third-order valence-corrected chi connectivity index (χ3v) is 11.0. The maximum Gasteiger partial charge on any atom is 2.00 e. The Hall–Kier alpha value is -0.826. The second-order valence-electron chi connectivity index (χ2n) is 13.7. The van der Waals surface area contributed by atoms with E-state index >= 15 is 0 Å². The summed E-state index contributed by atoms with van der Waals surface area (Å²) >= 11 is 0. The number of aliphatic carboxylic acids is 2. The Labute approximate surface area is 278 Å². The summed E-state index contributed by atoms with van der Waals surface area (Å²) in [7, 11) is -2.33.